The zero-order valence-electron chi connectivity index (χ0n) is 13.3. The van der Waals surface area contributed by atoms with Crippen molar-refractivity contribution in [3.05, 3.63) is 70.9 Å². The number of hydrogen-bond donors (Lipinski definition) is 0. The third-order valence-electron chi connectivity index (χ3n) is 4.47. The van der Waals surface area contributed by atoms with Crippen molar-refractivity contribution >= 4 is 22.5 Å². The second-order valence-electron chi connectivity index (χ2n) is 5.92. The van der Waals surface area contributed by atoms with E-state index >= 15 is 0 Å². The minimum atomic E-state index is 0.713. The maximum Gasteiger partial charge on any atom is 0.0485 e. The van der Waals surface area contributed by atoms with Gasteiger partial charge in [-0.1, -0.05) is 36.4 Å². The molecule has 114 valence electrons. The molecule has 0 amide bonds. The molecule has 22 heavy (non-hydrogen) atoms. The van der Waals surface area contributed by atoms with Crippen molar-refractivity contribution in [3.8, 4) is 0 Å². The molecule has 2 heteroatoms. The molecule has 0 atom stereocenters. The van der Waals surface area contributed by atoms with E-state index in [0.29, 0.717) is 5.88 Å². The highest BCUT2D eigenvalue weighted by molar-refractivity contribution is 6.17. The van der Waals surface area contributed by atoms with Crippen LogP contribution >= 0.6 is 11.6 Å². The molecule has 0 aliphatic rings. The molecule has 0 unspecified atom stereocenters. The average molecular weight is 312 g/mol. The normalized spacial score (nSPS) is 11.2. The third kappa shape index (κ3) is 2.91. The van der Waals surface area contributed by atoms with E-state index in [-0.39, 0.29) is 0 Å². The summed E-state index contributed by atoms with van der Waals surface area (Å²) in [4.78, 5) is 0. The van der Waals surface area contributed by atoms with Crippen molar-refractivity contribution in [2.45, 2.75) is 33.2 Å². The molecule has 0 N–H and O–H groups in total. The van der Waals surface area contributed by atoms with Crippen molar-refractivity contribution < 1.29 is 0 Å². The Balaban J connectivity index is 1.98. The van der Waals surface area contributed by atoms with E-state index in [1.54, 1.807) is 0 Å². The summed E-state index contributed by atoms with van der Waals surface area (Å²) in [5.74, 6) is 0.713. The van der Waals surface area contributed by atoms with Crippen LogP contribution in [0.1, 0.15) is 28.8 Å². The van der Waals surface area contributed by atoms with Gasteiger partial charge < -0.3 is 4.57 Å². The first kappa shape index (κ1) is 15.2. The average Bonchev–Trinajstić information content (AvgIpc) is 2.78. The highest BCUT2D eigenvalue weighted by atomic mass is 35.5. The first-order chi connectivity index (χ1) is 10.7. The molecule has 3 aromatic rings. The molecule has 0 saturated carbocycles. The third-order valence-corrected chi connectivity index (χ3v) is 4.74. The predicted molar refractivity (Wildman–Crippen MR) is 96.0 cm³/mol. The fourth-order valence-corrected chi connectivity index (χ4v) is 3.26. The number of nitrogens with zero attached hydrogens (tertiary/aromatic N) is 1. The van der Waals surface area contributed by atoms with E-state index in [1.807, 2.05) is 0 Å². The Morgan fingerprint density at radius 3 is 2.45 bits per heavy atom. The van der Waals surface area contributed by atoms with Gasteiger partial charge in [-0.25, -0.2) is 0 Å². The van der Waals surface area contributed by atoms with Gasteiger partial charge in [0.05, 0.1) is 0 Å². The summed E-state index contributed by atoms with van der Waals surface area (Å²) in [6.45, 7) is 5.43. The van der Waals surface area contributed by atoms with Crippen LogP contribution in [0.3, 0.4) is 0 Å². The molecule has 0 fully saturated rings. The van der Waals surface area contributed by atoms with Crippen LogP contribution < -0.4 is 0 Å². The number of benzene rings is 2. The number of alkyl halides is 1. The van der Waals surface area contributed by atoms with E-state index < -0.39 is 0 Å². The standard InChI is InChI=1S/C20H22ClN/c1-15-16(2)22(12-6-11-21)20-10-9-18(14-19(15)20)13-17-7-4-3-5-8-17/h3-5,7-10,14H,6,11-13H2,1-2H3. The molecule has 1 aromatic heterocycles. The van der Waals surface area contributed by atoms with Crippen LogP contribution in [0.2, 0.25) is 0 Å². The molecule has 1 heterocycles. The van der Waals surface area contributed by atoms with E-state index in [2.05, 4.69) is 66.9 Å². The maximum atomic E-state index is 5.86. The van der Waals surface area contributed by atoms with Gasteiger partial charge in [0, 0.05) is 29.0 Å². The number of aromatic nitrogens is 1. The van der Waals surface area contributed by atoms with Gasteiger partial charge in [-0.15, -0.1) is 11.6 Å². The molecular formula is C20H22ClN. The number of halogens is 1. The minimum absolute atomic E-state index is 0.713. The highest BCUT2D eigenvalue weighted by Gasteiger charge is 2.11. The summed E-state index contributed by atoms with van der Waals surface area (Å²) >= 11 is 5.86. The molecule has 2 aromatic carbocycles. The number of fused-ring (bicyclic) bond motifs is 1. The zero-order valence-corrected chi connectivity index (χ0v) is 14.0. The van der Waals surface area contributed by atoms with Crippen molar-refractivity contribution in [1.29, 1.82) is 0 Å². The molecule has 0 saturated heterocycles. The van der Waals surface area contributed by atoms with Gasteiger partial charge in [0.1, 0.15) is 0 Å². The Kier molecular flexibility index (Phi) is 4.54. The van der Waals surface area contributed by atoms with Gasteiger partial charge in [-0.05, 0) is 55.5 Å². The van der Waals surface area contributed by atoms with Gasteiger partial charge in [-0.3, -0.25) is 0 Å². The molecule has 0 bridgehead atoms. The second-order valence-corrected chi connectivity index (χ2v) is 6.30. The Morgan fingerprint density at radius 1 is 0.955 bits per heavy atom. The monoisotopic (exact) mass is 311 g/mol. The Morgan fingerprint density at radius 2 is 1.73 bits per heavy atom. The fraction of sp³-hybridized carbons (Fsp3) is 0.300. The zero-order chi connectivity index (χ0) is 15.5. The summed E-state index contributed by atoms with van der Waals surface area (Å²) in [6.07, 6.45) is 2.00. The van der Waals surface area contributed by atoms with Crippen LogP contribution in [0, 0.1) is 13.8 Å². The van der Waals surface area contributed by atoms with Crippen LogP contribution in [0.5, 0.6) is 0 Å². The highest BCUT2D eigenvalue weighted by Crippen LogP contribution is 2.27. The Labute approximate surface area is 137 Å². The lowest BCUT2D eigenvalue weighted by Gasteiger charge is -2.07. The van der Waals surface area contributed by atoms with E-state index in [0.717, 1.165) is 19.4 Å². The van der Waals surface area contributed by atoms with Crippen LogP contribution in [-0.2, 0) is 13.0 Å². The van der Waals surface area contributed by atoms with E-state index in [9.17, 15) is 0 Å². The van der Waals surface area contributed by atoms with Gasteiger partial charge in [0.15, 0.2) is 0 Å². The number of hydrogen-bond acceptors (Lipinski definition) is 0. The first-order valence-electron chi connectivity index (χ1n) is 7.89. The van der Waals surface area contributed by atoms with Crippen molar-refractivity contribution in [2.24, 2.45) is 0 Å². The number of rotatable bonds is 5. The summed E-state index contributed by atoms with van der Waals surface area (Å²) in [7, 11) is 0. The van der Waals surface area contributed by atoms with Crippen molar-refractivity contribution in [1.82, 2.24) is 4.57 Å². The fourth-order valence-electron chi connectivity index (χ4n) is 3.14. The van der Waals surface area contributed by atoms with Gasteiger partial charge >= 0.3 is 0 Å². The largest absolute Gasteiger partial charge is 0.345 e. The SMILES string of the molecule is Cc1c(C)n(CCCCl)c2ccc(Cc3ccccc3)cc12. The molecule has 0 radical (unpaired) electrons. The lowest BCUT2D eigenvalue weighted by atomic mass is 10.0. The van der Waals surface area contributed by atoms with E-state index in [1.165, 1.54) is 33.3 Å². The number of aryl methyl sites for hydroxylation is 2. The summed E-state index contributed by atoms with van der Waals surface area (Å²) < 4.78 is 2.40. The second kappa shape index (κ2) is 6.58. The molecule has 0 aliphatic heterocycles. The summed E-state index contributed by atoms with van der Waals surface area (Å²) in [6, 6.07) is 17.5. The topological polar surface area (TPSA) is 4.93 Å². The molecule has 1 nitrogen and oxygen atoms in total. The van der Waals surface area contributed by atoms with Gasteiger partial charge in [0.25, 0.3) is 0 Å². The van der Waals surface area contributed by atoms with E-state index in [4.69, 9.17) is 11.6 Å². The van der Waals surface area contributed by atoms with Crippen LogP contribution in [0.4, 0.5) is 0 Å². The minimum Gasteiger partial charge on any atom is -0.345 e. The van der Waals surface area contributed by atoms with Crippen LogP contribution in [0.25, 0.3) is 10.9 Å². The van der Waals surface area contributed by atoms with Crippen molar-refractivity contribution in [3.63, 3.8) is 0 Å². The smallest absolute Gasteiger partial charge is 0.0485 e. The maximum absolute atomic E-state index is 5.86. The molecule has 3 rings (SSSR count). The van der Waals surface area contributed by atoms with Crippen molar-refractivity contribution in [2.75, 3.05) is 5.88 Å². The lowest BCUT2D eigenvalue weighted by molar-refractivity contribution is 0.687. The first-order valence-corrected chi connectivity index (χ1v) is 8.42. The summed E-state index contributed by atoms with van der Waals surface area (Å²) in [5, 5.41) is 1.38. The predicted octanol–water partition coefficient (Wildman–Crippen LogP) is 5.48. The molecule has 0 aliphatic carbocycles. The lowest BCUT2D eigenvalue weighted by Crippen LogP contribution is -2.00. The molecular weight excluding hydrogens is 290 g/mol. The van der Waals surface area contributed by atoms with Gasteiger partial charge in [-0.2, -0.15) is 0 Å². The quantitative estimate of drug-likeness (QED) is 0.550. The van der Waals surface area contributed by atoms with Crippen LogP contribution in [0.15, 0.2) is 48.5 Å². The molecule has 0 spiro atoms. The Hall–Kier alpha value is -1.73. The van der Waals surface area contributed by atoms with Gasteiger partial charge in [0.2, 0.25) is 0 Å². The summed E-state index contributed by atoms with van der Waals surface area (Å²) in [5.41, 5.74) is 6.81. The van der Waals surface area contributed by atoms with Crippen LogP contribution in [-0.4, -0.2) is 10.4 Å². The Bertz CT molecular complexity index is 771.